The van der Waals surface area contributed by atoms with Gasteiger partial charge in [-0.25, -0.2) is 0 Å². The van der Waals surface area contributed by atoms with E-state index in [1.54, 1.807) is 7.11 Å². The van der Waals surface area contributed by atoms with Gasteiger partial charge in [-0.1, -0.05) is 36.7 Å². The van der Waals surface area contributed by atoms with Crippen LogP contribution in [0.1, 0.15) is 67.4 Å². The topological polar surface area (TPSA) is 59.6 Å². The Morgan fingerprint density at radius 3 is 2.14 bits per heavy atom. The lowest BCUT2D eigenvalue weighted by Gasteiger charge is -2.33. The maximum Gasteiger partial charge on any atom is 0.258 e. The van der Waals surface area contributed by atoms with Crippen molar-refractivity contribution in [1.82, 2.24) is 10.6 Å². The Balaban J connectivity index is 2.83. The molecular formula is C22H37BrN2O3. The van der Waals surface area contributed by atoms with Gasteiger partial charge in [0.2, 0.25) is 0 Å². The molecule has 0 aliphatic rings. The molecule has 1 aromatic rings. The number of halogens is 1. The third-order valence-corrected chi connectivity index (χ3v) is 4.67. The molecule has 0 saturated heterocycles. The number of benzene rings is 1. The highest BCUT2D eigenvalue weighted by Gasteiger charge is 2.25. The van der Waals surface area contributed by atoms with Crippen LogP contribution in [0.25, 0.3) is 0 Å². The molecule has 0 unspecified atom stereocenters. The molecule has 6 heteroatoms. The molecule has 0 spiro atoms. The number of amides is 1. The predicted molar refractivity (Wildman–Crippen MR) is 119 cm³/mol. The van der Waals surface area contributed by atoms with Gasteiger partial charge in [-0.3, -0.25) is 4.79 Å². The molecule has 160 valence electrons. The molecular weight excluding hydrogens is 420 g/mol. The Kier molecular flexibility index (Phi) is 8.39. The summed E-state index contributed by atoms with van der Waals surface area (Å²) < 4.78 is 12.1. The minimum atomic E-state index is -0.291. The highest BCUT2D eigenvalue weighted by atomic mass is 79.9. The summed E-state index contributed by atoms with van der Waals surface area (Å²) >= 11 is 3.62. The smallest absolute Gasteiger partial charge is 0.258 e. The first-order valence-electron chi connectivity index (χ1n) is 9.67. The number of carbonyl (C=O) groups excluding carboxylic acids is 1. The molecule has 0 heterocycles. The summed E-state index contributed by atoms with van der Waals surface area (Å²) in [5.41, 5.74) is 1.04. The van der Waals surface area contributed by atoms with E-state index in [2.05, 4.69) is 61.2 Å². The van der Waals surface area contributed by atoms with E-state index in [-0.39, 0.29) is 29.0 Å². The lowest BCUT2D eigenvalue weighted by Crippen LogP contribution is -2.43. The number of hydrogen-bond acceptors (Lipinski definition) is 4. The number of nitrogens with one attached hydrogen (secondary N) is 2. The van der Waals surface area contributed by atoms with Gasteiger partial charge in [0.15, 0.2) is 18.1 Å². The van der Waals surface area contributed by atoms with Crippen molar-refractivity contribution in [3.8, 4) is 11.5 Å². The van der Waals surface area contributed by atoms with E-state index in [1.165, 1.54) is 0 Å². The van der Waals surface area contributed by atoms with Gasteiger partial charge in [0, 0.05) is 22.1 Å². The maximum atomic E-state index is 12.0. The van der Waals surface area contributed by atoms with E-state index in [9.17, 15) is 4.79 Å². The number of carbonyl (C=O) groups is 1. The molecule has 0 atom stereocenters. The molecule has 1 amide bonds. The Labute approximate surface area is 179 Å². The van der Waals surface area contributed by atoms with Crippen molar-refractivity contribution in [3.05, 3.63) is 22.2 Å². The van der Waals surface area contributed by atoms with Crippen LogP contribution >= 0.6 is 15.9 Å². The minimum absolute atomic E-state index is 0.00510. The lowest BCUT2D eigenvalue weighted by molar-refractivity contribution is -0.124. The summed E-state index contributed by atoms with van der Waals surface area (Å²) in [5, 5.41) is 6.51. The molecule has 0 aliphatic carbocycles. The molecule has 1 rings (SSSR count). The first kappa shape index (κ1) is 24.8. The monoisotopic (exact) mass is 456 g/mol. The second kappa shape index (κ2) is 9.49. The molecule has 0 saturated carbocycles. The highest BCUT2D eigenvalue weighted by molar-refractivity contribution is 9.10. The molecule has 0 radical (unpaired) electrons. The van der Waals surface area contributed by atoms with E-state index >= 15 is 0 Å². The van der Waals surface area contributed by atoms with Crippen LogP contribution in [-0.2, 0) is 11.3 Å². The van der Waals surface area contributed by atoms with Gasteiger partial charge in [0.1, 0.15) is 0 Å². The second-order valence-electron chi connectivity index (χ2n) is 10.2. The van der Waals surface area contributed by atoms with Gasteiger partial charge in [-0.05, 0) is 64.2 Å². The van der Waals surface area contributed by atoms with Gasteiger partial charge in [0.05, 0.1) is 7.11 Å². The lowest BCUT2D eigenvalue weighted by atomic mass is 9.82. The van der Waals surface area contributed by atoms with Crippen LogP contribution in [0.3, 0.4) is 0 Å². The van der Waals surface area contributed by atoms with Crippen LogP contribution in [-0.4, -0.2) is 30.7 Å². The molecule has 0 bridgehead atoms. The zero-order chi connectivity index (χ0) is 21.8. The van der Waals surface area contributed by atoms with Crippen LogP contribution in [0.5, 0.6) is 11.5 Å². The fourth-order valence-corrected chi connectivity index (χ4v) is 3.77. The zero-order valence-corrected chi connectivity index (χ0v) is 20.5. The summed E-state index contributed by atoms with van der Waals surface area (Å²) in [6.07, 6.45) is 1.05. The fourth-order valence-electron chi connectivity index (χ4n) is 3.31. The summed E-state index contributed by atoms with van der Waals surface area (Å²) in [4.78, 5) is 12.0. The molecule has 0 aliphatic heterocycles. The van der Waals surface area contributed by atoms with Crippen LogP contribution < -0.4 is 20.1 Å². The van der Waals surface area contributed by atoms with Crippen LogP contribution in [0, 0.1) is 5.41 Å². The van der Waals surface area contributed by atoms with E-state index in [0.717, 1.165) is 16.5 Å². The normalized spacial score (nSPS) is 12.6. The average Bonchev–Trinajstić information content (AvgIpc) is 2.47. The largest absolute Gasteiger partial charge is 0.493 e. The summed E-state index contributed by atoms with van der Waals surface area (Å²) in [6, 6.07) is 3.80. The van der Waals surface area contributed by atoms with Crippen molar-refractivity contribution < 1.29 is 14.3 Å². The average molecular weight is 457 g/mol. The molecule has 0 fully saturated rings. The quantitative estimate of drug-likeness (QED) is 0.573. The Hall–Kier alpha value is -1.27. The molecule has 28 heavy (non-hydrogen) atoms. The first-order valence-corrected chi connectivity index (χ1v) is 10.5. The van der Waals surface area contributed by atoms with Gasteiger partial charge >= 0.3 is 0 Å². The standard InChI is InChI=1S/C22H37BrN2O3/c1-20(2,3)14-22(7,8)24-12-15-10-17(27-9)18(11-16(15)23)28-13-19(26)25-21(4,5)6/h10-11,24H,12-14H2,1-9H3,(H,25,26). The van der Waals surface area contributed by atoms with Crippen molar-refractivity contribution in [1.29, 1.82) is 0 Å². The Morgan fingerprint density at radius 1 is 1.04 bits per heavy atom. The number of rotatable bonds is 8. The van der Waals surface area contributed by atoms with Crippen molar-refractivity contribution in [2.24, 2.45) is 5.41 Å². The minimum Gasteiger partial charge on any atom is -0.493 e. The molecule has 1 aromatic carbocycles. The van der Waals surface area contributed by atoms with Gasteiger partial charge in [-0.2, -0.15) is 0 Å². The van der Waals surface area contributed by atoms with Crippen molar-refractivity contribution >= 4 is 21.8 Å². The Morgan fingerprint density at radius 2 is 1.64 bits per heavy atom. The van der Waals surface area contributed by atoms with E-state index in [4.69, 9.17) is 9.47 Å². The highest BCUT2D eigenvalue weighted by Crippen LogP contribution is 2.34. The van der Waals surface area contributed by atoms with E-state index < -0.39 is 0 Å². The molecule has 0 aromatic heterocycles. The van der Waals surface area contributed by atoms with Crippen LogP contribution in [0.2, 0.25) is 0 Å². The fraction of sp³-hybridized carbons (Fsp3) is 0.682. The number of ether oxygens (including phenoxy) is 2. The molecule has 5 nitrogen and oxygen atoms in total. The van der Waals surface area contributed by atoms with Gasteiger partial charge in [-0.15, -0.1) is 0 Å². The van der Waals surface area contributed by atoms with Crippen molar-refractivity contribution in [2.45, 2.75) is 79.4 Å². The summed E-state index contributed by atoms with van der Waals surface area (Å²) in [6.45, 7) is 17.6. The van der Waals surface area contributed by atoms with E-state index in [1.807, 2.05) is 32.9 Å². The Bertz CT molecular complexity index is 674. The van der Waals surface area contributed by atoms with Crippen LogP contribution in [0.15, 0.2) is 16.6 Å². The zero-order valence-electron chi connectivity index (χ0n) is 18.9. The van der Waals surface area contributed by atoms with Gasteiger partial charge in [0.25, 0.3) is 5.91 Å². The first-order chi connectivity index (χ1) is 12.6. The predicted octanol–water partition coefficient (Wildman–Crippen LogP) is 5.06. The summed E-state index contributed by atoms with van der Waals surface area (Å²) in [7, 11) is 1.60. The van der Waals surface area contributed by atoms with E-state index in [0.29, 0.717) is 18.0 Å². The molecule has 2 N–H and O–H groups in total. The second-order valence-corrected chi connectivity index (χ2v) is 11.0. The van der Waals surface area contributed by atoms with Crippen molar-refractivity contribution in [3.63, 3.8) is 0 Å². The van der Waals surface area contributed by atoms with Crippen LogP contribution in [0.4, 0.5) is 0 Å². The summed E-state index contributed by atoms with van der Waals surface area (Å²) in [5.74, 6) is 0.980. The van der Waals surface area contributed by atoms with Gasteiger partial charge < -0.3 is 20.1 Å². The van der Waals surface area contributed by atoms with Crippen molar-refractivity contribution in [2.75, 3.05) is 13.7 Å². The maximum absolute atomic E-state index is 12.0. The third-order valence-electron chi connectivity index (χ3n) is 3.94. The third kappa shape index (κ3) is 9.28. The SMILES string of the molecule is COc1cc(CNC(C)(C)CC(C)(C)C)c(Br)cc1OCC(=O)NC(C)(C)C. The number of methoxy groups -OCH3 is 1. The number of hydrogen-bond donors (Lipinski definition) is 2.